The van der Waals surface area contributed by atoms with Crippen LogP contribution >= 0.6 is 34.0 Å². The fraction of sp³-hybridized carbons (Fsp3) is 0.286. The molecule has 150 valence electrons. The Morgan fingerprint density at radius 2 is 2.03 bits per heavy atom. The van der Waals surface area contributed by atoms with Crippen LogP contribution in [0.15, 0.2) is 50.0 Å². The number of rotatable bonds is 4. The van der Waals surface area contributed by atoms with Gasteiger partial charge in [-0.3, -0.25) is 9.36 Å². The number of ether oxygens (including phenoxy) is 1. The topological polar surface area (TPSA) is 60.7 Å². The highest BCUT2D eigenvalue weighted by atomic mass is 32.1. The molecular weight excluding hydrogens is 424 g/mol. The molecular formula is C21H20N2O3S3. The molecule has 1 aliphatic heterocycles. The lowest BCUT2D eigenvalue weighted by Gasteiger charge is -2.24. The molecule has 0 spiro atoms. The Hall–Kier alpha value is -2.29. The van der Waals surface area contributed by atoms with Crippen molar-refractivity contribution in [3.05, 3.63) is 75.2 Å². The Morgan fingerprint density at radius 3 is 2.66 bits per heavy atom. The van der Waals surface area contributed by atoms with Gasteiger partial charge in [-0.2, -0.15) is 0 Å². The maximum atomic E-state index is 13.4. The number of esters is 1. The predicted molar refractivity (Wildman–Crippen MR) is 118 cm³/mol. The van der Waals surface area contributed by atoms with Crippen molar-refractivity contribution < 1.29 is 9.53 Å². The van der Waals surface area contributed by atoms with Crippen molar-refractivity contribution >= 4 is 46.1 Å². The average molecular weight is 445 g/mol. The van der Waals surface area contributed by atoms with E-state index < -0.39 is 12.0 Å². The number of allylic oxidation sites excluding steroid dienone is 1. The SMILES string of the molecule is CC1=C(C(=O)OC(C)C)[C@@H](c2cccs2)n2c(s/c(=C/c3sccc3C)c2=O)=N1. The summed E-state index contributed by atoms with van der Waals surface area (Å²) in [6.07, 6.45) is 1.67. The summed E-state index contributed by atoms with van der Waals surface area (Å²) in [6, 6.07) is 5.37. The number of nitrogens with zero attached hydrogens (tertiary/aromatic N) is 2. The van der Waals surface area contributed by atoms with Gasteiger partial charge in [-0.25, -0.2) is 9.79 Å². The highest BCUT2D eigenvalue weighted by Crippen LogP contribution is 2.33. The fourth-order valence-electron chi connectivity index (χ4n) is 3.23. The minimum atomic E-state index is -0.524. The van der Waals surface area contributed by atoms with Gasteiger partial charge in [0.25, 0.3) is 5.56 Å². The Kier molecular flexibility index (Phi) is 5.42. The molecule has 3 aromatic heterocycles. The number of carbonyl (C=O) groups is 1. The number of aryl methyl sites for hydroxylation is 1. The molecule has 1 atom stereocenters. The first-order chi connectivity index (χ1) is 13.9. The molecule has 0 radical (unpaired) electrons. The second kappa shape index (κ2) is 7.85. The van der Waals surface area contributed by atoms with E-state index >= 15 is 0 Å². The van der Waals surface area contributed by atoms with Crippen molar-refractivity contribution in [2.24, 2.45) is 4.99 Å². The van der Waals surface area contributed by atoms with Crippen LogP contribution in [-0.2, 0) is 9.53 Å². The van der Waals surface area contributed by atoms with Gasteiger partial charge in [-0.05, 0) is 62.2 Å². The van der Waals surface area contributed by atoms with E-state index in [2.05, 4.69) is 4.99 Å². The summed E-state index contributed by atoms with van der Waals surface area (Å²) in [5, 5.41) is 3.96. The average Bonchev–Trinajstić information content (AvgIpc) is 3.37. The van der Waals surface area contributed by atoms with Gasteiger partial charge in [0.2, 0.25) is 0 Å². The molecule has 1 aliphatic rings. The maximum absolute atomic E-state index is 13.4. The summed E-state index contributed by atoms with van der Waals surface area (Å²) in [7, 11) is 0. The third-order valence-corrected chi connectivity index (χ3v) is 7.43. The molecule has 0 bridgehead atoms. The van der Waals surface area contributed by atoms with E-state index in [0.717, 1.165) is 15.3 Å². The molecule has 8 heteroatoms. The van der Waals surface area contributed by atoms with Crippen molar-refractivity contribution in [2.75, 3.05) is 0 Å². The largest absolute Gasteiger partial charge is 0.459 e. The van der Waals surface area contributed by atoms with Crippen molar-refractivity contribution in [1.82, 2.24) is 4.57 Å². The molecule has 0 aliphatic carbocycles. The zero-order valence-corrected chi connectivity index (χ0v) is 18.9. The lowest BCUT2D eigenvalue weighted by atomic mass is 10.0. The summed E-state index contributed by atoms with van der Waals surface area (Å²) < 4.78 is 7.73. The molecule has 0 fully saturated rings. The second-order valence-electron chi connectivity index (χ2n) is 7.02. The van der Waals surface area contributed by atoms with Gasteiger partial charge in [0.05, 0.1) is 21.9 Å². The van der Waals surface area contributed by atoms with E-state index in [4.69, 9.17) is 4.74 Å². The van der Waals surface area contributed by atoms with Gasteiger partial charge >= 0.3 is 5.97 Å². The lowest BCUT2D eigenvalue weighted by Crippen LogP contribution is -2.39. The molecule has 0 saturated carbocycles. The van der Waals surface area contributed by atoms with E-state index in [9.17, 15) is 9.59 Å². The first kappa shape index (κ1) is 20.0. The highest BCUT2D eigenvalue weighted by Gasteiger charge is 2.34. The summed E-state index contributed by atoms with van der Waals surface area (Å²) in [5.74, 6) is -0.428. The Bertz CT molecular complexity index is 1270. The van der Waals surface area contributed by atoms with E-state index in [-0.39, 0.29) is 11.7 Å². The number of thiazole rings is 1. The Morgan fingerprint density at radius 1 is 1.24 bits per heavy atom. The van der Waals surface area contributed by atoms with Gasteiger partial charge in [0, 0.05) is 9.75 Å². The van der Waals surface area contributed by atoms with Gasteiger partial charge in [0.1, 0.15) is 6.04 Å². The van der Waals surface area contributed by atoms with Crippen LogP contribution in [0.5, 0.6) is 0 Å². The van der Waals surface area contributed by atoms with Crippen LogP contribution in [0.4, 0.5) is 0 Å². The van der Waals surface area contributed by atoms with Crippen molar-refractivity contribution in [2.45, 2.75) is 39.8 Å². The quantitative estimate of drug-likeness (QED) is 0.578. The van der Waals surface area contributed by atoms with Crippen molar-refractivity contribution in [3.8, 4) is 0 Å². The van der Waals surface area contributed by atoms with Crippen LogP contribution < -0.4 is 14.9 Å². The molecule has 0 unspecified atom stereocenters. The highest BCUT2D eigenvalue weighted by molar-refractivity contribution is 7.11. The Balaban J connectivity index is 1.94. The summed E-state index contributed by atoms with van der Waals surface area (Å²) in [5.41, 5.74) is 2.01. The third-order valence-electron chi connectivity index (χ3n) is 4.56. The number of carbonyl (C=O) groups excluding carboxylic acids is 1. The minimum Gasteiger partial charge on any atom is -0.459 e. The van der Waals surface area contributed by atoms with E-state index in [1.54, 1.807) is 22.8 Å². The standard InChI is InChI=1S/C21H20N2O3S3/c1-11(2)26-20(25)17-13(4)22-21-23(18(17)14-6-5-8-27-14)19(24)16(29-21)10-15-12(3)7-9-28-15/h5-11,18H,1-4H3/b16-10+/t18-/m1/s1. The smallest absolute Gasteiger partial charge is 0.338 e. The molecule has 3 aromatic rings. The van der Waals surface area contributed by atoms with Gasteiger partial charge in [-0.15, -0.1) is 22.7 Å². The second-order valence-corrected chi connectivity index (χ2v) is 9.96. The van der Waals surface area contributed by atoms with Crippen LogP contribution in [-0.4, -0.2) is 16.6 Å². The van der Waals surface area contributed by atoms with Crippen LogP contribution in [0, 0.1) is 6.92 Å². The molecule has 0 saturated heterocycles. The minimum absolute atomic E-state index is 0.137. The number of thiophene rings is 2. The summed E-state index contributed by atoms with van der Waals surface area (Å²) in [6.45, 7) is 7.45. The van der Waals surface area contributed by atoms with Gasteiger partial charge in [-0.1, -0.05) is 17.4 Å². The molecule has 0 N–H and O–H groups in total. The number of fused-ring (bicyclic) bond motifs is 1. The van der Waals surface area contributed by atoms with Crippen molar-refractivity contribution in [3.63, 3.8) is 0 Å². The van der Waals surface area contributed by atoms with Crippen molar-refractivity contribution in [1.29, 1.82) is 0 Å². The van der Waals surface area contributed by atoms with Crippen LogP contribution in [0.2, 0.25) is 0 Å². The normalized spacial score (nSPS) is 16.9. The third kappa shape index (κ3) is 3.68. The molecule has 4 rings (SSSR count). The zero-order chi connectivity index (χ0) is 20.7. The first-order valence-corrected chi connectivity index (χ1v) is 11.8. The van der Waals surface area contributed by atoms with Gasteiger partial charge in [0.15, 0.2) is 4.80 Å². The number of hydrogen-bond donors (Lipinski definition) is 0. The van der Waals surface area contributed by atoms with Crippen LogP contribution in [0.1, 0.15) is 42.1 Å². The number of aromatic nitrogens is 1. The maximum Gasteiger partial charge on any atom is 0.338 e. The van der Waals surface area contributed by atoms with E-state index in [1.165, 1.54) is 22.7 Å². The fourth-order valence-corrected chi connectivity index (χ4v) is 6.01. The predicted octanol–water partition coefficient (Wildman–Crippen LogP) is 3.62. The Labute approximate surface area is 179 Å². The summed E-state index contributed by atoms with van der Waals surface area (Å²) >= 11 is 4.47. The van der Waals surface area contributed by atoms with E-state index in [0.29, 0.717) is 20.6 Å². The van der Waals surface area contributed by atoms with Gasteiger partial charge < -0.3 is 4.74 Å². The molecule has 4 heterocycles. The first-order valence-electron chi connectivity index (χ1n) is 9.18. The number of hydrogen-bond acceptors (Lipinski definition) is 7. The lowest BCUT2D eigenvalue weighted by molar-refractivity contribution is -0.143. The molecule has 0 amide bonds. The monoisotopic (exact) mass is 444 g/mol. The summed E-state index contributed by atoms with van der Waals surface area (Å²) in [4.78, 5) is 33.4. The van der Waals surface area contributed by atoms with Crippen LogP contribution in [0.25, 0.3) is 6.08 Å². The molecule has 5 nitrogen and oxygen atoms in total. The molecule has 29 heavy (non-hydrogen) atoms. The zero-order valence-electron chi connectivity index (χ0n) is 16.5. The van der Waals surface area contributed by atoms with E-state index in [1.807, 2.05) is 55.8 Å². The molecule has 0 aromatic carbocycles. The van der Waals surface area contributed by atoms with Crippen LogP contribution in [0.3, 0.4) is 0 Å².